The molecule has 7 heteroatoms. The second kappa shape index (κ2) is 7.82. The zero-order valence-electron chi connectivity index (χ0n) is 15.3. The van der Waals surface area contributed by atoms with Gasteiger partial charge in [-0.1, -0.05) is 42.5 Å². The van der Waals surface area contributed by atoms with E-state index in [1.165, 1.54) is 16.2 Å². The van der Waals surface area contributed by atoms with Crippen molar-refractivity contribution in [1.29, 1.82) is 0 Å². The zero-order valence-corrected chi connectivity index (χ0v) is 16.1. The summed E-state index contributed by atoms with van der Waals surface area (Å²) in [5.74, 6) is 0.0273. The SMILES string of the molecule is CN1C(=O)[C@@H](NC(=O)c2ncc(Cc3ccccc3)s2)COc2ccccc21. The van der Waals surface area contributed by atoms with Crippen LogP contribution in [0.4, 0.5) is 5.69 Å². The average molecular weight is 393 g/mol. The average Bonchev–Trinajstić information content (AvgIpc) is 3.15. The van der Waals surface area contributed by atoms with Gasteiger partial charge in [-0.05, 0) is 17.7 Å². The number of carbonyl (C=O) groups is 2. The Bertz CT molecular complexity index is 1000. The minimum Gasteiger partial charge on any atom is -0.489 e. The molecule has 0 fully saturated rings. The number of likely N-dealkylation sites (N-methyl/N-ethyl adjacent to an activating group) is 1. The lowest BCUT2D eigenvalue weighted by Crippen LogP contribution is -2.49. The molecule has 1 N–H and O–H groups in total. The Morgan fingerprint density at radius 2 is 1.96 bits per heavy atom. The van der Waals surface area contributed by atoms with Crippen molar-refractivity contribution in [3.63, 3.8) is 0 Å². The largest absolute Gasteiger partial charge is 0.489 e. The van der Waals surface area contributed by atoms with Crippen LogP contribution in [0.25, 0.3) is 0 Å². The first-order valence-corrected chi connectivity index (χ1v) is 9.72. The Kier molecular flexibility index (Phi) is 5.08. The van der Waals surface area contributed by atoms with E-state index in [9.17, 15) is 9.59 Å². The van der Waals surface area contributed by atoms with E-state index in [2.05, 4.69) is 10.3 Å². The van der Waals surface area contributed by atoms with Crippen molar-refractivity contribution >= 4 is 28.8 Å². The van der Waals surface area contributed by atoms with Crippen LogP contribution in [0.3, 0.4) is 0 Å². The highest BCUT2D eigenvalue weighted by atomic mass is 32.1. The summed E-state index contributed by atoms with van der Waals surface area (Å²) >= 11 is 1.33. The van der Waals surface area contributed by atoms with Crippen molar-refractivity contribution in [1.82, 2.24) is 10.3 Å². The molecule has 0 saturated carbocycles. The van der Waals surface area contributed by atoms with E-state index in [1.54, 1.807) is 19.3 Å². The number of carbonyl (C=O) groups excluding carboxylic acids is 2. The summed E-state index contributed by atoms with van der Waals surface area (Å²) in [6.45, 7) is 0.0776. The van der Waals surface area contributed by atoms with Gasteiger partial charge in [-0.15, -0.1) is 11.3 Å². The molecule has 0 unspecified atom stereocenters. The van der Waals surface area contributed by atoms with E-state index < -0.39 is 6.04 Å². The minimum absolute atomic E-state index is 0.0776. The van der Waals surface area contributed by atoms with Gasteiger partial charge < -0.3 is 15.0 Å². The van der Waals surface area contributed by atoms with Gasteiger partial charge in [0.1, 0.15) is 18.4 Å². The minimum atomic E-state index is -0.772. The molecule has 1 aromatic heterocycles. The van der Waals surface area contributed by atoms with Crippen molar-refractivity contribution in [2.45, 2.75) is 12.5 Å². The Hall–Kier alpha value is -3.19. The lowest BCUT2D eigenvalue weighted by atomic mass is 10.1. The van der Waals surface area contributed by atoms with Gasteiger partial charge in [0.15, 0.2) is 5.01 Å². The fourth-order valence-corrected chi connectivity index (χ4v) is 3.92. The van der Waals surface area contributed by atoms with Gasteiger partial charge in [0.25, 0.3) is 11.8 Å². The molecule has 2 aromatic carbocycles. The third-order valence-corrected chi connectivity index (χ3v) is 5.53. The number of thiazole rings is 1. The van der Waals surface area contributed by atoms with E-state index in [0.717, 1.165) is 16.9 Å². The smallest absolute Gasteiger partial charge is 0.281 e. The molecule has 1 atom stereocenters. The van der Waals surface area contributed by atoms with Gasteiger partial charge >= 0.3 is 0 Å². The number of aromatic nitrogens is 1. The van der Waals surface area contributed by atoms with Crippen molar-refractivity contribution in [2.24, 2.45) is 0 Å². The predicted octanol–water partition coefficient (Wildman–Crippen LogP) is 2.89. The van der Waals surface area contributed by atoms with E-state index in [4.69, 9.17) is 4.74 Å². The molecule has 4 rings (SSSR count). The summed E-state index contributed by atoms with van der Waals surface area (Å²) in [7, 11) is 1.68. The van der Waals surface area contributed by atoms with E-state index in [0.29, 0.717) is 16.4 Å². The van der Waals surface area contributed by atoms with Crippen molar-refractivity contribution in [3.05, 3.63) is 76.2 Å². The first-order valence-electron chi connectivity index (χ1n) is 8.90. The van der Waals surface area contributed by atoms with Gasteiger partial charge in [-0.2, -0.15) is 0 Å². The summed E-state index contributed by atoms with van der Waals surface area (Å²) in [5.41, 5.74) is 1.84. The van der Waals surface area contributed by atoms with Crippen LogP contribution in [-0.4, -0.2) is 36.5 Å². The highest BCUT2D eigenvalue weighted by Crippen LogP contribution is 2.30. The number of nitrogens with zero attached hydrogens (tertiary/aromatic N) is 2. The van der Waals surface area contributed by atoms with Gasteiger partial charge in [0, 0.05) is 24.5 Å². The number of para-hydroxylation sites is 2. The highest BCUT2D eigenvalue weighted by Gasteiger charge is 2.31. The number of anilines is 1. The number of nitrogens with one attached hydrogen (secondary N) is 1. The Morgan fingerprint density at radius 3 is 2.79 bits per heavy atom. The molecule has 0 aliphatic carbocycles. The standard InChI is InChI=1S/C21H19N3O3S/c1-24-17-9-5-6-10-18(17)27-13-16(21(24)26)23-19(25)20-22-12-15(28-20)11-14-7-3-2-4-8-14/h2-10,12,16H,11,13H2,1H3,(H,23,25)/t16-/m0/s1. The second-order valence-corrected chi connectivity index (χ2v) is 7.61. The predicted molar refractivity (Wildman–Crippen MR) is 108 cm³/mol. The number of hydrogen-bond acceptors (Lipinski definition) is 5. The van der Waals surface area contributed by atoms with Gasteiger partial charge in [-0.3, -0.25) is 9.59 Å². The third-order valence-electron chi connectivity index (χ3n) is 4.54. The highest BCUT2D eigenvalue weighted by molar-refractivity contribution is 7.13. The van der Waals surface area contributed by atoms with Crippen LogP contribution in [0.5, 0.6) is 5.75 Å². The summed E-state index contributed by atoms with van der Waals surface area (Å²) in [6.07, 6.45) is 2.43. The lowest BCUT2D eigenvalue weighted by molar-refractivity contribution is -0.120. The molecule has 0 radical (unpaired) electrons. The molecule has 6 nitrogen and oxygen atoms in total. The second-order valence-electron chi connectivity index (χ2n) is 6.50. The molecular weight excluding hydrogens is 374 g/mol. The number of hydrogen-bond donors (Lipinski definition) is 1. The molecule has 1 aliphatic rings. The van der Waals surface area contributed by atoms with Crippen molar-refractivity contribution in [2.75, 3.05) is 18.6 Å². The van der Waals surface area contributed by atoms with Crippen molar-refractivity contribution in [3.8, 4) is 5.75 Å². The molecule has 2 amide bonds. The first kappa shape index (κ1) is 18.2. The maximum Gasteiger partial charge on any atom is 0.281 e. The van der Waals surface area contributed by atoms with E-state index in [1.807, 2.05) is 48.5 Å². The Balaban J connectivity index is 1.45. The van der Waals surface area contributed by atoms with Crippen LogP contribution in [-0.2, 0) is 11.2 Å². The summed E-state index contributed by atoms with van der Waals surface area (Å²) in [4.78, 5) is 32.1. The van der Waals surface area contributed by atoms with E-state index in [-0.39, 0.29) is 18.4 Å². The molecule has 1 aliphatic heterocycles. The molecule has 28 heavy (non-hydrogen) atoms. The molecule has 0 bridgehead atoms. The molecule has 142 valence electrons. The van der Waals surface area contributed by atoms with Crippen LogP contribution in [0.15, 0.2) is 60.8 Å². The fourth-order valence-electron chi connectivity index (χ4n) is 3.07. The molecule has 3 aromatic rings. The third kappa shape index (κ3) is 3.75. The topological polar surface area (TPSA) is 71.5 Å². The van der Waals surface area contributed by atoms with Crippen LogP contribution in [0, 0.1) is 0 Å². The van der Waals surface area contributed by atoms with Crippen LogP contribution in [0.1, 0.15) is 20.2 Å². The number of rotatable bonds is 4. The monoisotopic (exact) mass is 393 g/mol. The van der Waals surface area contributed by atoms with Crippen LogP contribution < -0.4 is 15.0 Å². The van der Waals surface area contributed by atoms with Crippen LogP contribution >= 0.6 is 11.3 Å². The number of ether oxygens (including phenoxy) is 1. The Morgan fingerprint density at radius 1 is 1.21 bits per heavy atom. The summed E-state index contributed by atoms with van der Waals surface area (Å²) in [6, 6.07) is 16.5. The van der Waals surface area contributed by atoms with Crippen LogP contribution in [0.2, 0.25) is 0 Å². The zero-order chi connectivity index (χ0) is 19.5. The lowest BCUT2D eigenvalue weighted by Gasteiger charge is -2.19. The quantitative estimate of drug-likeness (QED) is 0.740. The van der Waals surface area contributed by atoms with Gasteiger partial charge in [0.2, 0.25) is 0 Å². The molecule has 0 saturated heterocycles. The normalized spacial score (nSPS) is 16.1. The summed E-state index contributed by atoms with van der Waals surface area (Å²) in [5, 5.41) is 3.10. The maximum absolute atomic E-state index is 12.7. The van der Waals surface area contributed by atoms with Crippen molar-refractivity contribution < 1.29 is 14.3 Å². The Labute approximate surface area is 166 Å². The summed E-state index contributed by atoms with van der Waals surface area (Å²) < 4.78 is 5.73. The fraction of sp³-hybridized carbons (Fsp3) is 0.190. The first-order chi connectivity index (χ1) is 13.6. The number of fused-ring (bicyclic) bond motifs is 1. The van der Waals surface area contributed by atoms with Gasteiger partial charge in [-0.25, -0.2) is 4.98 Å². The molecular formula is C21H19N3O3S. The molecule has 0 spiro atoms. The number of amides is 2. The maximum atomic E-state index is 12.7. The molecule has 2 heterocycles. The van der Waals surface area contributed by atoms with E-state index >= 15 is 0 Å². The van der Waals surface area contributed by atoms with Gasteiger partial charge in [0.05, 0.1) is 5.69 Å². The number of benzene rings is 2.